The van der Waals surface area contributed by atoms with E-state index in [1.807, 2.05) is 23.1 Å². The van der Waals surface area contributed by atoms with Gasteiger partial charge in [0.1, 0.15) is 11.3 Å². The summed E-state index contributed by atoms with van der Waals surface area (Å²) in [5.74, 6) is 0.0983. The lowest BCUT2D eigenvalue weighted by molar-refractivity contribution is -0.384. The number of rotatable bonds is 3. The minimum absolute atomic E-state index is 0.0330. The van der Waals surface area contributed by atoms with Crippen molar-refractivity contribution in [3.05, 3.63) is 67.8 Å². The molecule has 28 heavy (non-hydrogen) atoms. The third kappa shape index (κ3) is 3.45. The summed E-state index contributed by atoms with van der Waals surface area (Å²) >= 11 is 9.31. The molecule has 2 heterocycles. The number of hydrogen-bond acceptors (Lipinski definition) is 5. The maximum Gasteiger partial charge on any atom is 0.294 e. The van der Waals surface area contributed by atoms with E-state index in [-0.39, 0.29) is 17.4 Å². The van der Waals surface area contributed by atoms with E-state index < -0.39 is 4.92 Å². The van der Waals surface area contributed by atoms with Crippen LogP contribution in [0.4, 0.5) is 11.4 Å². The molecule has 2 aromatic carbocycles. The van der Waals surface area contributed by atoms with Crippen LogP contribution in [0.25, 0.3) is 11.0 Å². The van der Waals surface area contributed by atoms with E-state index in [4.69, 9.17) is 16.0 Å². The van der Waals surface area contributed by atoms with Gasteiger partial charge in [0.2, 0.25) is 0 Å². The maximum atomic E-state index is 12.8. The first-order valence-corrected chi connectivity index (χ1v) is 9.77. The van der Waals surface area contributed by atoms with Crippen LogP contribution in [-0.2, 0) is 0 Å². The molecule has 0 atom stereocenters. The van der Waals surface area contributed by atoms with Crippen molar-refractivity contribution in [2.24, 2.45) is 0 Å². The zero-order valence-electron chi connectivity index (χ0n) is 14.6. The Morgan fingerprint density at radius 1 is 1.14 bits per heavy atom. The highest BCUT2D eigenvalue weighted by Crippen LogP contribution is 2.32. The van der Waals surface area contributed by atoms with E-state index >= 15 is 0 Å². The van der Waals surface area contributed by atoms with Crippen LogP contribution >= 0.6 is 27.5 Å². The third-order valence-electron chi connectivity index (χ3n) is 4.75. The summed E-state index contributed by atoms with van der Waals surface area (Å²) in [6.45, 7) is 1.85. The number of halogens is 2. The van der Waals surface area contributed by atoms with Crippen LogP contribution in [0.15, 0.2) is 51.4 Å². The van der Waals surface area contributed by atoms with E-state index in [9.17, 15) is 14.9 Å². The van der Waals surface area contributed by atoms with Gasteiger partial charge in [-0.15, -0.1) is 0 Å². The molecule has 144 valence electrons. The molecular formula is C19H15BrClN3O4. The van der Waals surface area contributed by atoms with E-state index in [2.05, 4.69) is 15.9 Å². The molecule has 0 radical (unpaired) electrons. The molecule has 0 bridgehead atoms. The smallest absolute Gasteiger partial charge is 0.294 e. The second-order valence-electron chi connectivity index (χ2n) is 6.44. The molecule has 9 heteroatoms. The standard InChI is InChI=1S/C19H15BrClN3O4/c20-14-3-1-2-12-10-17(28-18(12)14)19(25)23-8-6-22(7-9-23)15-5-4-13(21)11-16(15)24(26)27/h1-5,10-11H,6-9H2. The number of nitro groups is 1. The summed E-state index contributed by atoms with van der Waals surface area (Å²) in [6.07, 6.45) is 0. The monoisotopic (exact) mass is 463 g/mol. The van der Waals surface area contributed by atoms with Crippen molar-refractivity contribution >= 4 is 55.8 Å². The highest BCUT2D eigenvalue weighted by Gasteiger charge is 2.28. The van der Waals surface area contributed by atoms with Gasteiger partial charge in [-0.2, -0.15) is 0 Å². The number of benzene rings is 2. The fourth-order valence-electron chi connectivity index (χ4n) is 3.35. The van der Waals surface area contributed by atoms with E-state index in [1.54, 1.807) is 23.1 Å². The summed E-state index contributed by atoms with van der Waals surface area (Å²) in [5, 5.41) is 12.5. The van der Waals surface area contributed by atoms with Crippen molar-refractivity contribution in [3.63, 3.8) is 0 Å². The second-order valence-corrected chi connectivity index (χ2v) is 7.73. The number of nitro benzene ring substituents is 1. The Morgan fingerprint density at radius 3 is 2.57 bits per heavy atom. The molecule has 0 N–H and O–H groups in total. The van der Waals surface area contributed by atoms with Crippen molar-refractivity contribution in [1.82, 2.24) is 4.90 Å². The lowest BCUT2D eigenvalue weighted by atomic mass is 10.2. The number of piperazine rings is 1. The molecule has 0 unspecified atom stereocenters. The Morgan fingerprint density at radius 2 is 1.89 bits per heavy atom. The summed E-state index contributed by atoms with van der Waals surface area (Å²) < 4.78 is 6.53. The first kappa shape index (κ1) is 18.8. The number of amides is 1. The zero-order chi connectivity index (χ0) is 19.8. The molecule has 1 aliphatic heterocycles. The highest BCUT2D eigenvalue weighted by atomic mass is 79.9. The van der Waals surface area contributed by atoms with Crippen molar-refractivity contribution in [3.8, 4) is 0 Å². The van der Waals surface area contributed by atoms with Crippen LogP contribution in [0.5, 0.6) is 0 Å². The Hall–Kier alpha value is -2.58. The van der Waals surface area contributed by atoms with Gasteiger partial charge in [0.05, 0.1) is 9.40 Å². The van der Waals surface area contributed by atoms with Gasteiger partial charge in [-0.05, 0) is 40.2 Å². The topological polar surface area (TPSA) is 79.8 Å². The van der Waals surface area contributed by atoms with Gasteiger partial charge in [-0.1, -0.05) is 23.7 Å². The molecule has 0 saturated carbocycles. The average Bonchev–Trinajstić information content (AvgIpc) is 3.13. The van der Waals surface area contributed by atoms with Gasteiger partial charge in [0, 0.05) is 42.7 Å². The van der Waals surface area contributed by atoms with E-state index in [0.717, 1.165) is 9.86 Å². The minimum Gasteiger partial charge on any atom is -0.450 e. The second kappa shape index (κ2) is 7.44. The van der Waals surface area contributed by atoms with E-state index in [1.165, 1.54) is 6.07 Å². The SMILES string of the molecule is O=C(c1cc2cccc(Br)c2o1)N1CCN(c2ccc(Cl)cc2[N+](=O)[O-])CC1. The minimum atomic E-state index is -0.439. The van der Waals surface area contributed by atoms with Gasteiger partial charge in [-0.3, -0.25) is 14.9 Å². The average molecular weight is 465 g/mol. The third-order valence-corrected chi connectivity index (χ3v) is 5.61. The number of hydrogen-bond donors (Lipinski definition) is 0. The molecule has 1 fully saturated rings. The number of fused-ring (bicyclic) bond motifs is 1. The Bertz CT molecular complexity index is 1080. The van der Waals surface area contributed by atoms with Crippen LogP contribution in [-0.4, -0.2) is 41.9 Å². The molecule has 3 aromatic rings. The Labute approximate surface area is 173 Å². The summed E-state index contributed by atoms with van der Waals surface area (Å²) in [7, 11) is 0. The number of para-hydroxylation sites is 1. The van der Waals surface area contributed by atoms with Crippen molar-refractivity contribution in [2.45, 2.75) is 0 Å². The lowest BCUT2D eigenvalue weighted by Gasteiger charge is -2.35. The number of carbonyl (C=O) groups is 1. The van der Waals surface area contributed by atoms with Gasteiger partial charge in [0.25, 0.3) is 11.6 Å². The molecule has 1 aromatic heterocycles. The Kier molecular flexibility index (Phi) is 4.99. The molecular weight excluding hydrogens is 450 g/mol. The van der Waals surface area contributed by atoms with Gasteiger partial charge < -0.3 is 14.2 Å². The highest BCUT2D eigenvalue weighted by molar-refractivity contribution is 9.10. The molecule has 7 nitrogen and oxygen atoms in total. The lowest BCUT2D eigenvalue weighted by Crippen LogP contribution is -2.48. The predicted molar refractivity (Wildman–Crippen MR) is 110 cm³/mol. The number of anilines is 1. The number of nitrogens with zero attached hydrogens (tertiary/aromatic N) is 3. The van der Waals surface area contributed by atoms with Crippen LogP contribution in [0, 0.1) is 10.1 Å². The zero-order valence-corrected chi connectivity index (χ0v) is 16.9. The normalized spacial score (nSPS) is 14.5. The molecule has 0 spiro atoms. The van der Waals surface area contributed by atoms with E-state index in [0.29, 0.717) is 42.5 Å². The van der Waals surface area contributed by atoms with Crippen LogP contribution < -0.4 is 4.90 Å². The number of carbonyl (C=O) groups excluding carboxylic acids is 1. The van der Waals surface area contributed by atoms with Crippen molar-refractivity contribution < 1.29 is 14.1 Å². The predicted octanol–water partition coefficient (Wildman–Crippen LogP) is 4.72. The van der Waals surface area contributed by atoms with Crippen LogP contribution in [0.2, 0.25) is 5.02 Å². The first-order chi connectivity index (χ1) is 13.4. The van der Waals surface area contributed by atoms with Gasteiger partial charge in [0.15, 0.2) is 5.76 Å². The largest absolute Gasteiger partial charge is 0.450 e. The summed E-state index contributed by atoms with van der Waals surface area (Å²) in [4.78, 5) is 27.3. The number of furan rings is 1. The molecule has 4 rings (SSSR count). The maximum absolute atomic E-state index is 12.8. The molecule has 1 aliphatic rings. The summed E-state index contributed by atoms with van der Waals surface area (Å²) in [6, 6.07) is 12.0. The molecule has 1 saturated heterocycles. The fourth-order valence-corrected chi connectivity index (χ4v) is 3.98. The summed E-state index contributed by atoms with van der Waals surface area (Å²) in [5.41, 5.74) is 1.12. The Balaban J connectivity index is 1.50. The van der Waals surface area contributed by atoms with Crippen LogP contribution in [0.3, 0.4) is 0 Å². The first-order valence-electron chi connectivity index (χ1n) is 8.60. The quantitative estimate of drug-likeness (QED) is 0.414. The molecule has 0 aliphatic carbocycles. The fraction of sp³-hybridized carbons (Fsp3) is 0.211. The van der Waals surface area contributed by atoms with Crippen molar-refractivity contribution in [2.75, 3.05) is 31.1 Å². The van der Waals surface area contributed by atoms with Crippen molar-refractivity contribution in [1.29, 1.82) is 0 Å². The van der Waals surface area contributed by atoms with Gasteiger partial charge >= 0.3 is 0 Å². The van der Waals surface area contributed by atoms with Crippen LogP contribution in [0.1, 0.15) is 10.6 Å². The van der Waals surface area contributed by atoms with Gasteiger partial charge in [-0.25, -0.2) is 0 Å². The molecule has 1 amide bonds.